The molecule has 2 N–H and O–H groups in total. The van der Waals surface area contributed by atoms with Crippen LogP contribution in [-0.4, -0.2) is 40.9 Å². The molecule has 5 aliphatic carbocycles. The highest BCUT2D eigenvalue weighted by molar-refractivity contribution is 5.59. The number of fused-ring (bicyclic) bond motifs is 4. The fraction of sp³-hybridized carbons (Fsp3) is 0.967. The van der Waals surface area contributed by atoms with Crippen LogP contribution in [0, 0.1) is 50.2 Å². The van der Waals surface area contributed by atoms with E-state index in [0.29, 0.717) is 18.4 Å². The first-order chi connectivity index (χ1) is 15.7. The van der Waals surface area contributed by atoms with Gasteiger partial charge in [0, 0.05) is 16.2 Å². The first-order valence-electron chi connectivity index (χ1n) is 14.2. The van der Waals surface area contributed by atoms with Crippen LogP contribution in [0.25, 0.3) is 0 Å². The SMILES string of the molecule is CC1(C=O)CCC23COC4(CCC5C6(C)CCC(O)C(C)(C)C6CCC5(C)C4(C)CC2O)C3C1. The molecule has 0 radical (unpaired) electrons. The van der Waals surface area contributed by atoms with Crippen LogP contribution in [0.5, 0.6) is 0 Å². The lowest BCUT2D eigenvalue weighted by Gasteiger charge is -2.75. The molecule has 0 amide bonds. The van der Waals surface area contributed by atoms with Crippen LogP contribution in [0.15, 0.2) is 0 Å². The van der Waals surface area contributed by atoms with Crippen molar-refractivity contribution in [2.24, 2.45) is 50.2 Å². The van der Waals surface area contributed by atoms with Crippen molar-refractivity contribution in [1.29, 1.82) is 0 Å². The fourth-order valence-electron chi connectivity index (χ4n) is 12.0. The average molecular weight is 473 g/mol. The Morgan fingerprint density at radius 2 is 1.47 bits per heavy atom. The molecule has 1 saturated heterocycles. The van der Waals surface area contributed by atoms with E-state index in [1.807, 2.05) is 0 Å². The Labute approximate surface area is 206 Å². The zero-order valence-electron chi connectivity index (χ0n) is 22.5. The summed E-state index contributed by atoms with van der Waals surface area (Å²) in [6.45, 7) is 15.0. The van der Waals surface area contributed by atoms with Gasteiger partial charge in [0.2, 0.25) is 0 Å². The first-order valence-corrected chi connectivity index (χ1v) is 14.2. The number of aliphatic hydroxyl groups excluding tert-OH is 2. The van der Waals surface area contributed by atoms with E-state index >= 15 is 0 Å². The number of hydrogen-bond acceptors (Lipinski definition) is 4. The molecule has 0 aromatic rings. The summed E-state index contributed by atoms with van der Waals surface area (Å²) in [5.41, 5.74) is -0.549. The maximum absolute atomic E-state index is 12.2. The molecule has 2 bridgehead atoms. The van der Waals surface area contributed by atoms with Gasteiger partial charge >= 0.3 is 0 Å². The lowest BCUT2D eigenvalue weighted by Crippen LogP contribution is -2.73. The summed E-state index contributed by atoms with van der Waals surface area (Å²) < 4.78 is 7.04. The second-order valence-corrected chi connectivity index (χ2v) is 15.5. The van der Waals surface area contributed by atoms with Crippen LogP contribution in [-0.2, 0) is 9.53 Å². The molecular weight excluding hydrogens is 424 g/mol. The summed E-state index contributed by atoms with van der Waals surface area (Å²) in [6, 6.07) is 0. The molecule has 0 aromatic carbocycles. The van der Waals surface area contributed by atoms with Crippen LogP contribution >= 0.6 is 0 Å². The Morgan fingerprint density at radius 1 is 0.765 bits per heavy atom. The summed E-state index contributed by atoms with van der Waals surface area (Å²) in [4.78, 5) is 12.2. The van der Waals surface area contributed by atoms with Gasteiger partial charge in [-0.25, -0.2) is 0 Å². The van der Waals surface area contributed by atoms with E-state index in [1.165, 1.54) is 12.7 Å². The van der Waals surface area contributed by atoms with Gasteiger partial charge in [0.25, 0.3) is 0 Å². The molecule has 1 heterocycles. The highest BCUT2D eigenvalue weighted by Crippen LogP contribution is 2.80. The Bertz CT molecular complexity index is 900. The van der Waals surface area contributed by atoms with Gasteiger partial charge in [0.15, 0.2) is 0 Å². The van der Waals surface area contributed by atoms with Crippen molar-refractivity contribution in [2.45, 2.75) is 124 Å². The molecule has 4 nitrogen and oxygen atoms in total. The van der Waals surface area contributed by atoms with E-state index in [-0.39, 0.29) is 56.2 Å². The number of aldehydes is 1. The number of carbonyl (C=O) groups is 1. The molecule has 6 fully saturated rings. The zero-order valence-corrected chi connectivity index (χ0v) is 22.5. The molecule has 192 valence electrons. The minimum absolute atomic E-state index is 0.0510. The van der Waals surface area contributed by atoms with E-state index in [1.54, 1.807) is 0 Å². The van der Waals surface area contributed by atoms with E-state index in [4.69, 9.17) is 4.74 Å². The minimum Gasteiger partial charge on any atom is -0.393 e. The number of ether oxygens (including phenoxy) is 1. The highest BCUT2D eigenvalue weighted by Gasteiger charge is 2.80. The predicted molar refractivity (Wildman–Crippen MR) is 132 cm³/mol. The van der Waals surface area contributed by atoms with Crippen LogP contribution in [0.2, 0.25) is 0 Å². The highest BCUT2D eigenvalue weighted by atomic mass is 16.5. The largest absolute Gasteiger partial charge is 0.393 e. The van der Waals surface area contributed by atoms with E-state index < -0.39 is 0 Å². The number of carbonyl (C=O) groups excluding carboxylic acids is 1. The predicted octanol–water partition coefficient (Wildman–Crippen LogP) is 5.53. The van der Waals surface area contributed by atoms with E-state index in [0.717, 1.165) is 57.8 Å². The quantitative estimate of drug-likeness (QED) is 0.492. The third kappa shape index (κ3) is 2.41. The monoisotopic (exact) mass is 472 g/mol. The van der Waals surface area contributed by atoms with Gasteiger partial charge in [-0.1, -0.05) is 41.5 Å². The van der Waals surface area contributed by atoms with Crippen LogP contribution < -0.4 is 0 Å². The van der Waals surface area contributed by atoms with Gasteiger partial charge in [-0.2, -0.15) is 0 Å². The normalized spacial score (nSPS) is 62.1. The summed E-state index contributed by atoms with van der Waals surface area (Å²) in [6.07, 6.45) is 10.7. The van der Waals surface area contributed by atoms with Crippen molar-refractivity contribution in [3.8, 4) is 0 Å². The Morgan fingerprint density at radius 3 is 2.18 bits per heavy atom. The van der Waals surface area contributed by atoms with Crippen molar-refractivity contribution in [2.75, 3.05) is 6.61 Å². The molecular formula is C30H48O4. The molecule has 34 heavy (non-hydrogen) atoms. The Balaban J connectivity index is 1.45. The van der Waals surface area contributed by atoms with Gasteiger partial charge in [-0.3, -0.25) is 0 Å². The second kappa shape index (κ2) is 6.70. The zero-order chi connectivity index (χ0) is 24.6. The fourth-order valence-corrected chi connectivity index (χ4v) is 12.0. The van der Waals surface area contributed by atoms with Crippen molar-refractivity contribution in [1.82, 2.24) is 0 Å². The molecule has 4 heteroatoms. The minimum atomic E-state index is -0.347. The first kappa shape index (κ1) is 23.9. The molecule has 1 aliphatic heterocycles. The maximum Gasteiger partial charge on any atom is 0.125 e. The van der Waals surface area contributed by atoms with Gasteiger partial charge in [0.05, 0.1) is 24.4 Å². The third-order valence-electron chi connectivity index (χ3n) is 14.3. The number of hydrogen-bond donors (Lipinski definition) is 2. The van der Waals surface area contributed by atoms with Gasteiger partial charge in [-0.15, -0.1) is 0 Å². The standard InChI is InChI=1S/C30H48O4/c1-24(2)19-7-11-27(5)20(26(19,4)10-9-22(24)32)8-12-30-21-15-25(3,17-31)13-14-29(21,18-34-30)23(33)16-28(27,30)6/h17,19-23,32-33H,7-16,18H2,1-6H3. The smallest absolute Gasteiger partial charge is 0.125 e. The summed E-state index contributed by atoms with van der Waals surface area (Å²) in [5, 5.41) is 22.8. The van der Waals surface area contributed by atoms with Crippen molar-refractivity contribution in [3.05, 3.63) is 0 Å². The van der Waals surface area contributed by atoms with Gasteiger partial charge in [0.1, 0.15) is 6.29 Å². The lowest BCUT2D eigenvalue weighted by atomic mass is 9.30. The number of rotatable bonds is 1. The molecule has 11 unspecified atom stereocenters. The summed E-state index contributed by atoms with van der Waals surface area (Å²) in [5.74, 6) is 1.38. The second-order valence-electron chi connectivity index (χ2n) is 15.5. The molecule has 1 spiro atoms. The number of aliphatic hydroxyl groups is 2. The van der Waals surface area contributed by atoms with E-state index in [2.05, 4.69) is 41.5 Å². The van der Waals surface area contributed by atoms with E-state index in [9.17, 15) is 15.0 Å². The topological polar surface area (TPSA) is 66.8 Å². The Hall–Kier alpha value is -0.450. The maximum atomic E-state index is 12.2. The third-order valence-corrected chi connectivity index (χ3v) is 14.3. The van der Waals surface area contributed by atoms with Gasteiger partial charge in [-0.05, 0) is 98.2 Å². The summed E-state index contributed by atoms with van der Waals surface area (Å²) >= 11 is 0. The molecule has 11 atom stereocenters. The van der Waals surface area contributed by atoms with Crippen LogP contribution in [0.1, 0.15) is 106 Å². The van der Waals surface area contributed by atoms with Crippen molar-refractivity contribution in [3.63, 3.8) is 0 Å². The molecule has 6 aliphatic rings. The van der Waals surface area contributed by atoms with Crippen LogP contribution in [0.4, 0.5) is 0 Å². The molecule has 6 rings (SSSR count). The molecule has 0 aromatic heterocycles. The van der Waals surface area contributed by atoms with Gasteiger partial charge < -0.3 is 19.7 Å². The van der Waals surface area contributed by atoms with Crippen LogP contribution in [0.3, 0.4) is 0 Å². The average Bonchev–Trinajstić information content (AvgIpc) is 3.05. The van der Waals surface area contributed by atoms with Crippen molar-refractivity contribution >= 4 is 6.29 Å². The Kier molecular flexibility index (Phi) is 4.71. The molecule has 5 saturated carbocycles. The lowest BCUT2D eigenvalue weighted by molar-refractivity contribution is -0.297. The van der Waals surface area contributed by atoms with Crippen molar-refractivity contribution < 1.29 is 19.7 Å². The summed E-state index contributed by atoms with van der Waals surface area (Å²) in [7, 11) is 0.